The zero-order valence-electron chi connectivity index (χ0n) is 12.5. The molecule has 4 heteroatoms. The first-order valence-electron chi connectivity index (χ1n) is 7.30. The molecule has 0 saturated carbocycles. The highest BCUT2D eigenvalue weighted by Crippen LogP contribution is 2.29. The summed E-state index contributed by atoms with van der Waals surface area (Å²) in [6, 6.07) is 0.666. The van der Waals surface area contributed by atoms with E-state index in [0.29, 0.717) is 17.9 Å². The number of anilines is 1. The molecule has 2 heterocycles. The number of aromatic nitrogens is 2. The largest absolute Gasteiger partial charge is 0.338 e. The smallest absolute Gasteiger partial charge is 0.225 e. The van der Waals surface area contributed by atoms with E-state index >= 15 is 0 Å². The normalized spacial score (nSPS) is 29.3. The molecule has 0 radical (unpaired) electrons. The first-order valence-corrected chi connectivity index (χ1v) is 7.30. The molecule has 0 aromatic carbocycles. The third-order valence-electron chi connectivity index (χ3n) is 4.10. The first-order chi connectivity index (χ1) is 8.97. The topological polar surface area (TPSA) is 55.0 Å². The molecule has 1 aliphatic rings. The van der Waals surface area contributed by atoms with Crippen molar-refractivity contribution in [3.8, 4) is 0 Å². The van der Waals surface area contributed by atoms with Crippen molar-refractivity contribution in [2.24, 2.45) is 17.6 Å². The Balaban J connectivity index is 2.12. The summed E-state index contributed by atoms with van der Waals surface area (Å²) in [5.74, 6) is 2.26. The van der Waals surface area contributed by atoms with Crippen LogP contribution < -0.4 is 10.6 Å². The van der Waals surface area contributed by atoms with Crippen molar-refractivity contribution in [2.75, 3.05) is 11.4 Å². The van der Waals surface area contributed by atoms with Crippen LogP contribution in [0.1, 0.15) is 39.7 Å². The maximum Gasteiger partial charge on any atom is 0.225 e. The number of hydrogen-bond acceptors (Lipinski definition) is 4. The van der Waals surface area contributed by atoms with Gasteiger partial charge in [-0.2, -0.15) is 0 Å². The summed E-state index contributed by atoms with van der Waals surface area (Å²) in [5.41, 5.74) is 6.91. The van der Waals surface area contributed by atoms with Crippen molar-refractivity contribution in [3.05, 3.63) is 18.0 Å². The van der Waals surface area contributed by atoms with Gasteiger partial charge in [0.15, 0.2) is 0 Å². The second-order valence-corrected chi connectivity index (χ2v) is 6.28. The standard InChI is InChI=1S/C15H26N4/c1-10-5-11(2)13(4)19(9-10)15-17-7-14(8-18-15)6-12(3)16/h7-8,10-13H,5-6,9,16H2,1-4H3. The SMILES string of the molecule is CC(N)Cc1cnc(N2CC(C)CC(C)C2C)nc1. The van der Waals surface area contributed by atoms with Gasteiger partial charge < -0.3 is 10.6 Å². The molecule has 1 fully saturated rings. The molecule has 2 rings (SSSR count). The molecule has 0 spiro atoms. The first kappa shape index (κ1) is 14.3. The van der Waals surface area contributed by atoms with E-state index in [1.54, 1.807) is 0 Å². The van der Waals surface area contributed by atoms with Crippen LogP contribution in [0.5, 0.6) is 0 Å². The van der Waals surface area contributed by atoms with Gasteiger partial charge in [-0.3, -0.25) is 0 Å². The third-order valence-corrected chi connectivity index (χ3v) is 4.10. The van der Waals surface area contributed by atoms with Crippen LogP contribution in [0.15, 0.2) is 12.4 Å². The van der Waals surface area contributed by atoms with E-state index in [1.165, 1.54) is 6.42 Å². The minimum absolute atomic E-state index is 0.156. The average molecular weight is 262 g/mol. The fraction of sp³-hybridized carbons (Fsp3) is 0.733. The van der Waals surface area contributed by atoms with Crippen LogP contribution in [0.3, 0.4) is 0 Å². The number of rotatable bonds is 3. The van der Waals surface area contributed by atoms with Crippen molar-refractivity contribution in [2.45, 2.75) is 52.6 Å². The van der Waals surface area contributed by atoms with E-state index < -0.39 is 0 Å². The molecular weight excluding hydrogens is 236 g/mol. The van der Waals surface area contributed by atoms with Crippen molar-refractivity contribution in [3.63, 3.8) is 0 Å². The van der Waals surface area contributed by atoms with Gasteiger partial charge in [-0.15, -0.1) is 0 Å². The Labute approximate surface area is 116 Å². The lowest BCUT2D eigenvalue weighted by atomic mass is 9.86. The van der Waals surface area contributed by atoms with E-state index in [0.717, 1.165) is 24.5 Å². The number of nitrogens with two attached hydrogens (primary N) is 1. The van der Waals surface area contributed by atoms with Gasteiger partial charge in [-0.05, 0) is 44.1 Å². The molecule has 106 valence electrons. The van der Waals surface area contributed by atoms with Crippen molar-refractivity contribution < 1.29 is 0 Å². The molecule has 0 amide bonds. The van der Waals surface area contributed by atoms with E-state index in [4.69, 9.17) is 5.73 Å². The summed E-state index contributed by atoms with van der Waals surface area (Å²) in [4.78, 5) is 11.4. The molecule has 2 N–H and O–H groups in total. The summed E-state index contributed by atoms with van der Waals surface area (Å²) in [7, 11) is 0. The van der Waals surface area contributed by atoms with Crippen LogP contribution in [0.2, 0.25) is 0 Å². The molecule has 4 atom stereocenters. The fourth-order valence-corrected chi connectivity index (χ4v) is 2.95. The van der Waals surface area contributed by atoms with Crippen LogP contribution in [-0.4, -0.2) is 28.6 Å². The highest BCUT2D eigenvalue weighted by Gasteiger charge is 2.30. The van der Waals surface area contributed by atoms with Gasteiger partial charge >= 0.3 is 0 Å². The molecule has 1 saturated heterocycles. The Hall–Kier alpha value is -1.16. The predicted octanol–water partition coefficient (Wildman–Crippen LogP) is 2.24. The van der Waals surface area contributed by atoms with E-state index in [2.05, 4.69) is 35.6 Å². The molecular formula is C15H26N4. The number of piperidine rings is 1. The minimum Gasteiger partial charge on any atom is -0.338 e. The molecule has 19 heavy (non-hydrogen) atoms. The molecule has 0 aliphatic carbocycles. The molecule has 1 aromatic heterocycles. The molecule has 4 unspecified atom stereocenters. The Morgan fingerprint density at radius 1 is 1.32 bits per heavy atom. The summed E-state index contributed by atoms with van der Waals surface area (Å²) in [6.45, 7) is 9.95. The van der Waals surface area contributed by atoms with Gasteiger partial charge in [0, 0.05) is 31.0 Å². The van der Waals surface area contributed by atoms with Crippen LogP contribution in [0, 0.1) is 11.8 Å². The summed E-state index contributed by atoms with van der Waals surface area (Å²) >= 11 is 0. The quantitative estimate of drug-likeness (QED) is 0.907. The lowest BCUT2D eigenvalue weighted by Crippen LogP contribution is -2.46. The van der Waals surface area contributed by atoms with Crippen LogP contribution in [-0.2, 0) is 6.42 Å². The van der Waals surface area contributed by atoms with Gasteiger partial charge in [0.1, 0.15) is 0 Å². The summed E-state index contributed by atoms with van der Waals surface area (Å²) in [6.07, 6.45) is 5.97. The Bertz CT molecular complexity index is 401. The summed E-state index contributed by atoms with van der Waals surface area (Å²) in [5, 5.41) is 0. The van der Waals surface area contributed by atoms with Gasteiger partial charge in [0.25, 0.3) is 0 Å². The van der Waals surface area contributed by atoms with Crippen molar-refractivity contribution in [1.29, 1.82) is 0 Å². The number of nitrogens with zero attached hydrogens (tertiary/aromatic N) is 3. The predicted molar refractivity (Wildman–Crippen MR) is 79.1 cm³/mol. The fourth-order valence-electron chi connectivity index (χ4n) is 2.95. The Kier molecular flexibility index (Phi) is 4.40. The maximum absolute atomic E-state index is 5.80. The highest BCUT2D eigenvalue weighted by molar-refractivity contribution is 5.33. The lowest BCUT2D eigenvalue weighted by molar-refractivity contribution is 0.293. The van der Waals surface area contributed by atoms with Gasteiger partial charge in [-0.25, -0.2) is 9.97 Å². The van der Waals surface area contributed by atoms with Crippen LogP contribution in [0.4, 0.5) is 5.95 Å². The van der Waals surface area contributed by atoms with Crippen molar-refractivity contribution in [1.82, 2.24) is 9.97 Å². The summed E-state index contributed by atoms with van der Waals surface area (Å²) < 4.78 is 0. The van der Waals surface area contributed by atoms with E-state index in [1.807, 2.05) is 19.3 Å². The van der Waals surface area contributed by atoms with E-state index in [-0.39, 0.29) is 6.04 Å². The molecule has 1 aromatic rings. The second-order valence-electron chi connectivity index (χ2n) is 6.28. The maximum atomic E-state index is 5.80. The Morgan fingerprint density at radius 2 is 1.95 bits per heavy atom. The molecule has 0 bridgehead atoms. The molecule has 1 aliphatic heterocycles. The Morgan fingerprint density at radius 3 is 2.53 bits per heavy atom. The van der Waals surface area contributed by atoms with Crippen LogP contribution >= 0.6 is 0 Å². The molecule has 4 nitrogen and oxygen atoms in total. The van der Waals surface area contributed by atoms with Crippen LogP contribution in [0.25, 0.3) is 0 Å². The third kappa shape index (κ3) is 3.44. The van der Waals surface area contributed by atoms with Crippen molar-refractivity contribution >= 4 is 5.95 Å². The number of hydrogen-bond donors (Lipinski definition) is 1. The monoisotopic (exact) mass is 262 g/mol. The van der Waals surface area contributed by atoms with Gasteiger partial charge in [0.05, 0.1) is 0 Å². The zero-order valence-corrected chi connectivity index (χ0v) is 12.5. The van der Waals surface area contributed by atoms with Gasteiger partial charge in [-0.1, -0.05) is 13.8 Å². The lowest BCUT2D eigenvalue weighted by Gasteiger charge is -2.41. The second kappa shape index (κ2) is 5.87. The highest BCUT2D eigenvalue weighted by atomic mass is 15.3. The minimum atomic E-state index is 0.156. The van der Waals surface area contributed by atoms with Gasteiger partial charge in [0.2, 0.25) is 5.95 Å². The average Bonchev–Trinajstić information content (AvgIpc) is 2.34. The van der Waals surface area contributed by atoms with E-state index in [9.17, 15) is 0 Å². The zero-order chi connectivity index (χ0) is 14.0.